The number of aromatic amines is 1. The third-order valence-corrected chi connectivity index (χ3v) is 5.14. The summed E-state index contributed by atoms with van der Waals surface area (Å²) in [4.78, 5) is 25.4. The van der Waals surface area contributed by atoms with Crippen LogP contribution in [0.5, 0.6) is 5.75 Å². The molecule has 0 saturated carbocycles. The van der Waals surface area contributed by atoms with Crippen molar-refractivity contribution in [1.82, 2.24) is 15.1 Å². The summed E-state index contributed by atoms with van der Waals surface area (Å²) in [7, 11) is 1.60. The molecule has 0 fully saturated rings. The van der Waals surface area contributed by atoms with E-state index in [2.05, 4.69) is 10.2 Å². The van der Waals surface area contributed by atoms with Crippen molar-refractivity contribution in [2.75, 3.05) is 7.11 Å². The van der Waals surface area contributed by atoms with Crippen molar-refractivity contribution in [3.63, 3.8) is 0 Å². The fraction of sp³-hybridized carbons (Fsp3) is 0.238. The second-order valence-electron chi connectivity index (χ2n) is 7.15. The summed E-state index contributed by atoms with van der Waals surface area (Å²) in [6.07, 6.45) is 0. The highest BCUT2D eigenvalue weighted by Crippen LogP contribution is 2.44. The van der Waals surface area contributed by atoms with Gasteiger partial charge in [-0.25, -0.2) is 0 Å². The number of H-pyrrole nitrogens is 1. The molecule has 1 N–H and O–H groups in total. The Morgan fingerprint density at radius 3 is 2.34 bits per heavy atom. The number of nitrogens with one attached hydrogen (secondary N) is 1. The summed E-state index contributed by atoms with van der Waals surface area (Å²) < 4.78 is 5.22. The van der Waals surface area contributed by atoms with Gasteiger partial charge in [-0.05, 0) is 55.8 Å². The zero-order valence-electron chi connectivity index (χ0n) is 16.2. The van der Waals surface area contributed by atoms with Gasteiger partial charge < -0.3 is 9.64 Å². The third kappa shape index (κ3) is 3.02. The van der Waals surface area contributed by atoms with Crippen molar-refractivity contribution in [1.29, 1.82) is 0 Å². The molecule has 2 aromatic carbocycles. The number of amides is 1. The van der Waals surface area contributed by atoms with Crippen molar-refractivity contribution in [3.8, 4) is 17.0 Å². The highest BCUT2D eigenvalue weighted by molar-refractivity contribution is 6.00. The molecule has 4 rings (SSSR count). The molecular weight excluding hydrogens is 372 g/mol. The number of carbonyl (C=O) groups is 1. The number of fused-ring (bicyclic) bond motifs is 1. The highest BCUT2D eigenvalue weighted by atomic mass is 16.6. The van der Waals surface area contributed by atoms with Gasteiger partial charge in [0.2, 0.25) is 0 Å². The summed E-state index contributed by atoms with van der Waals surface area (Å²) in [5.41, 5.74) is 3.58. The number of hydrogen-bond donors (Lipinski definition) is 1. The summed E-state index contributed by atoms with van der Waals surface area (Å²) in [6, 6.07) is 13.4. The van der Waals surface area contributed by atoms with Crippen molar-refractivity contribution in [2.45, 2.75) is 25.9 Å². The van der Waals surface area contributed by atoms with Crippen LogP contribution in [0.25, 0.3) is 11.3 Å². The van der Waals surface area contributed by atoms with Gasteiger partial charge in [-0.1, -0.05) is 0 Å². The van der Waals surface area contributed by atoms with E-state index in [1.807, 2.05) is 38.1 Å². The molecule has 0 bridgehead atoms. The first-order valence-electron chi connectivity index (χ1n) is 9.22. The molecule has 1 aliphatic heterocycles. The SMILES string of the molecule is COc1ccc(-c2n[nH]c3c2C(c2ccc([N+](=O)[O-])cc2)N(C(C)C)C3=O)cc1. The van der Waals surface area contributed by atoms with Crippen LogP contribution in [0.4, 0.5) is 5.69 Å². The predicted octanol–water partition coefficient (Wildman–Crippen LogP) is 3.95. The Hall–Kier alpha value is -3.68. The number of aromatic nitrogens is 2. The van der Waals surface area contributed by atoms with Gasteiger partial charge in [-0.2, -0.15) is 5.10 Å². The summed E-state index contributed by atoms with van der Waals surface area (Å²) >= 11 is 0. The van der Waals surface area contributed by atoms with Gasteiger partial charge in [0.15, 0.2) is 0 Å². The number of ether oxygens (including phenoxy) is 1. The Kier molecular flexibility index (Phi) is 4.54. The lowest BCUT2D eigenvalue weighted by molar-refractivity contribution is -0.384. The Balaban J connectivity index is 1.85. The summed E-state index contributed by atoms with van der Waals surface area (Å²) in [6.45, 7) is 3.89. The predicted molar refractivity (Wildman–Crippen MR) is 107 cm³/mol. The Bertz CT molecular complexity index is 1070. The lowest BCUT2D eigenvalue weighted by Gasteiger charge is -2.29. The number of benzene rings is 2. The second-order valence-corrected chi connectivity index (χ2v) is 7.15. The van der Waals surface area contributed by atoms with Gasteiger partial charge in [-0.3, -0.25) is 20.0 Å². The van der Waals surface area contributed by atoms with E-state index in [0.717, 1.165) is 22.4 Å². The van der Waals surface area contributed by atoms with Crippen LogP contribution in [0.2, 0.25) is 0 Å². The monoisotopic (exact) mass is 392 g/mol. The molecule has 0 saturated heterocycles. The van der Waals surface area contributed by atoms with Crippen LogP contribution in [0.15, 0.2) is 48.5 Å². The average Bonchev–Trinajstić information content (AvgIpc) is 3.27. The van der Waals surface area contributed by atoms with E-state index < -0.39 is 4.92 Å². The third-order valence-electron chi connectivity index (χ3n) is 5.14. The van der Waals surface area contributed by atoms with Crippen LogP contribution in [-0.4, -0.2) is 39.1 Å². The molecule has 148 valence electrons. The number of nitrogens with zero attached hydrogens (tertiary/aromatic N) is 3. The fourth-order valence-corrected chi connectivity index (χ4v) is 3.77. The second kappa shape index (κ2) is 7.05. The molecule has 0 radical (unpaired) electrons. The summed E-state index contributed by atoms with van der Waals surface area (Å²) in [5.74, 6) is 0.596. The van der Waals surface area contributed by atoms with E-state index in [-0.39, 0.29) is 23.7 Å². The maximum atomic E-state index is 13.1. The largest absolute Gasteiger partial charge is 0.497 e. The van der Waals surface area contributed by atoms with E-state index in [4.69, 9.17) is 4.74 Å². The lowest BCUT2D eigenvalue weighted by atomic mass is 9.95. The maximum Gasteiger partial charge on any atom is 0.273 e. The zero-order valence-corrected chi connectivity index (χ0v) is 16.2. The van der Waals surface area contributed by atoms with Crippen molar-refractivity contribution < 1.29 is 14.5 Å². The van der Waals surface area contributed by atoms with E-state index >= 15 is 0 Å². The molecular formula is C21H20N4O4. The molecule has 2 heterocycles. The molecule has 0 aliphatic carbocycles. The van der Waals surface area contributed by atoms with Gasteiger partial charge in [-0.15, -0.1) is 0 Å². The number of methoxy groups -OCH3 is 1. The first-order valence-corrected chi connectivity index (χ1v) is 9.22. The minimum Gasteiger partial charge on any atom is -0.497 e. The van der Waals surface area contributed by atoms with Crippen LogP contribution in [0, 0.1) is 10.1 Å². The Morgan fingerprint density at radius 2 is 1.79 bits per heavy atom. The Labute approximate surface area is 167 Å². The molecule has 1 unspecified atom stereocenters. The smallest absolute Gasteiger partial charge is 0.273 e. The zero-order chi connectivity index (χ0) is 20.7. The number of carbonyl (C=O) groups excluding carboxylic acids is 1. The first kappa shape index (κ1) is 18.7. The normalized spacial score (nSPS) is 15.7. The van der Waals surface area contributed by atoms with Crippen LogP contribution in [0.3, 0.4) is 0 Å². The Morgan fingerprint density at radius 1 is 1.14 bits per heavy atom. The first-order chi connectivity index (χ1) is 13.9. The molecule has 8 nitrogen and oxygen atoms in total. The van der Waals surface area contributed by atoms with Crippen molar-refractivity contribution in [3.05, 3.63) is 75.5 Å². The minimum absolute atomic E-state index is 0.0111. The van der Waals surface area contributed by atoms with Crippen LogP contribution < -0.4 is 4.74 Å². The molecule has 3 aromatic rings. The average molecular weight is 392 g/mol. The van der Waals surface area contributed by atoms with Gasteiger partial charge in [0.05, 0.1) is 23.8 Å². The van der Waals surface area contributed by atoms with E-state index in [1.54, 1.807) is 24.1 Å². The highest BCUT2D eigenvalue weighted by Gasteiger charge is 2.43. The number of nitro groups is 1. The quantitative estimate of drug-likeness (QED) is 0.523. The molecule has 29 heavy (non-hydrogen) atoms. The lowest BCUT2D eigenvalue weighted by Crippen LogP contribution is -2.35. The number of non-ortho nitro benzene ring substituents is 1. The van der Waals surface area contributed by atoms with E-state index in [1.165, 1.54) is 12.1 Å². The maximum absolute atomic E-state index is 13.1. The van der Waals surface area contributed by atoms with Crippen molar-refractivity contribution >= 4 is 11.6 Å². The topological polar surface area (TPSA) is 101 Å². The van der Waals surface area contributed by atoms with Crippen LogP contribution >= 0.6 is 0 Å². The molecule has 1 atom stereocenters. The number of hydrogen-bond acceptors (Lipinski definition) is 5. The molecule has 1 aromatic heterocycles. The van der Waals surface area contributed by atoms with Crippen LogP contribution in [-0.2, 0) is 0 Å². The van der Waals surface area contributed by atoms with Gasteiger partial charge in [0.25, 0.3) is 11.6 Å². The van der Waals surface area contributed by atoms with Crippen LogP contribution in [0.1, 0.15) is 41.5 Å². The van der Waals surface area contributed by atoms with Gasteiger partial charge >= 0.3 is 0 Å². The minimum atomic E-state index is -0.435. The van der Waals surface area contributed by atoms with Gasteiger partial charge in [0.1, 0.15) is 11.4 Å². The molecule has 8 heteroatoms. The molecule has 1 amide bonds. The van der Waals surface area contributed by atoms with Crippen molar-refractivity contribution in [2.24, 2.45) is 0 Å². The number of rotatable bonds is 5. The van der Waals surface area contributed by atoms with E-state index in [9.17, 15) is 14.9 Å². The molecule has 0 spiro atoms. The van der Waals surface area contributed by atoms with E-state index in [0.29, 0.717) is 11.4 Å². The molecule has 1 aliphatic rings. The van der Waals surface area contributed by atoms with Gasteiger partial charge in [0, 0.05) is 29.3 Å². The standard InChI is InChI=1S/C21H20N4O4/c1-12(2)24-20(14-4-8-15(9-5-14)25(27)28)17-18(22-23-19(17)21(24)26)13-6-10-16(29-3)11-7-13/h4-12,20H,1-3H3,(H,22,23). The summed E-state index contributed by atoms with van der Waals surface area (Å²) in [5, 5.41) is 18.3. The fourth-order valence-electron chi connectivity index (χ4n) is 3.77. The number of nitro benzene ring substituents is 1.